The fourth-order valence-electron chi connectivity index (χ4n) is 1.21. The first-order valence-corrected chi connectivity index (χ1v) is 4.73. The molecular formula is C8H5F3N4OS. The van der Waals surface area contributed by atoms with Crippen LogP contribution >= 0.6 is 12.2 Å². The summed E-state index contributed by atoms with van der Waals surface area (Å²) in [6.45, 7) is 0. The molecule has 0 amide bonds. The van der Waals surface area contributed by atoms with Gasteiger partial charge in [0.2, 0.25) is 4.77 Å². The first-order chi connectivity index (χ1) is 7.97. The number of nitrogens with one attached hydrogen (secondary N) is 1. The van der Waals surface area contributed by atoms with Crippen molar-refractivity contribution < 1.29 is 17.9 Å². The molecule has 90 valence electrons. The number of benzene rings is 1. The number of para-hydroxylation sites is 2. The molecule has 17 heavy (non-hydrogen) atoms. The number of aromatic amines is 1. The van der Waals surface area contributed by atoms with Crippen LogP contribution in [0.4, 0.5) is 13.2 Å². The van der Waals surface area contributed by atoms with E-state index in [4.69, 9.17) is 12.2 Å². The lowest BCUT2D eigenvalue weighted by atomic mass is 10.3. The van der Waals surface area contributed by atoms with E-state index in [0.29, 0.717) is 0 Å². The van der Waals surface area contributed by atoms with Crippen LogP contribution in [0.5, 0.6) is 5.75 Å². The minimum absolute atomic E-state index is 0.00299. The summed E-state index contributed by atoms with van der Waals surface area (Å²) in [4.78, 5) is 0. The fourth-order valence-corrected chi connectivity index (χ4v) is 1.39. The maximum atomic E-state index is 12.2. The number of hydrogen-bond donors (Lipinski definition) is 1. The monoisotopic (exact) mass is 262 g/mol. The zero-order valence-corrected chi connectivity index (χ0v) is 8.92. The Kier molecular flexibility index (Phi) is 2.84. The van der Waals surface area contributed by atoms with Crippen molar-refractivity contribution in [3.8, 4) is 11.4 Å². The van der Waals surface area contributed by atoms with E-state index in [1.807, 2.05) is 0 Å². The maximum absolute atomic E-state index is 12.2. The van der Waals surface area contributed by atoms with Crippen molar-refractivity contribution in [2.75, 3.05) is 0 Å². The van der Waals surface area contributed by atoms with Crippen LogP contribution in [0, 0.1) is 4.77 Å². The molecule has 0 unspecified atom stereocenters. The van der Waals surface area contributed by atoms with Crippen LogP contribution in [0.3, 0.4) is 0 Å². The summed E-state index contributed by atoms with van der Waals surface area (Å²) in [7, 11) is 0. The lowest BCUT2D eigenvalue weighted by Gasteiger charge is -2.12. The van der Waals surface area contributed by atoms with Crippen LogP contribution in [0.15, 0.2) is 24.3 Å². The Morgan fingerprint density at radius 2 is 2.00 bits per heavy atom. The molecular weight excluding hydrogens is 257 g/mol. The molecule has 2 aromatic rings. The largest absolute Gasteiger partial charge is 0.573 e. The first-order valence-electron chi connectivity index (χ1n) is 4.32. The lowest BCUT2D eigenvalue weighted by Crippen LogP contribution is -2.18. The predicted octanol–water partition coefficient (Wildman–Crippen LogP) is 2.22. The number of aromatic nitrogens is 4. The van der Waals surface area contributed by atoms with Crippen molar-refractivity contribution in [3.05, 3.63) is 29.0 Å². The number of H-pyrrole nitrogens is 1. The highest BCUT2D eigenvalue weighted by atomic mass is 32.1. The number of halogens is 3. The molecule has 1 heterocycles. The van der Waals surface area contributed by atoms with Gasteiger partial charge < -0.3 is 4.74 Å². The van der Waals surface area contributed by atoms with Gasteiger partial charge in [0.1, 0.15) is 5.69 Å². The molecule has 1 aromatic heterocycles. The second-order valence-electron chi connectivity index (χ2n) is 2.93. The normalized spacial score (nSPS) is 11.5. The van der Waals surface area contributed by atoms with Gasteiger partial charge in [-0.2, -0.15) is 5.21 Å². The second kappa shape index (κ2) is 4.17. The number of nitrogens with zero attached hydrogens (tertiary/aromatic N) is 3. The van der Waals surface area contributed by atoms with E-state index >= 15 is 0 Å². The standard InChI is InChI=1S/C8H5F3N4OS/c9-8(10,11)16-6-4-2-1-3-5(6)15-7(17)12-13-14-15/h1-4H,(H,12,14,17). The summed E-state index contributed by atoms with van der Waals surface area (Å²) in [6.07, 6.45) is -4.77. The third-order valence-electron chi connectivity index (χ3n) is 1.80. The Morgan fingerprint density at radius 3 is 2.59 bits per heavy atom. The van der Waals surface area contributed by atoms with Crippen molar-refractivity contribution in [3.63, 3.8) is 0 Å². The molecule has 0 spiro atoms. The molecule has 1 aromatic carbocycles. The van der Waals surface area contributed by atoms with Gasteiger partial charge in [-0.15, -0.1) is 13.2 Å². The predicted molar refractivity (Wildman–Crippen MR) is 53.2 cm³/mol. The molecule has 0 saturated carbocycles. The van der Waals surface area contributed by atoms with Crippen LogP contribution in [0.25, 0.3) is 5.69 Å². The van der Waals surface area contributed by atoms with E-state index in [0.717, 1.165) is 4.68 Å². The van der Waals surface area contributed by atoms with Gasteiger partial charge in [-0.25, -0.2) is 4.68 Å². The van der Waals surface area contributed by atoms with Gasteiger partial charge in [-0.1, -0.05) is 22.4 Å². The maximum Gasteiger partial charge on any atom is 0.573 e. The highest BCUT2D eigenvalue weighted by molar-refractivity contribution is 7.71. The summed E-state index contributed by atoms with van der Waals surface area (Å²) in [5.41, 5.74) is 0.0832. The Bertz CT molecular complexity index is 576. The third-order valence-corrected chi connectivity index (χ3v) is 2.07. The number of tetrazole rings is 1. The molecule has 0 aliphatic rings. The molecule has 9 heteroatoms. The molecule has 0 aliphatic carbocycles. The molecule has 0 bridgehead atoms. The van der Waals surface area contributed by atoms with Crippen molar-refractivity contribution >= 4 is 12.2 Å². The van der Waals surface area contributed by atoms with E-state index in [-0.39, 0.29) is 16.2 Å². The van der Waals surface area contributed by atoms with E-state index in [2.05, 4.69) is 20.3 Å². The highest BCUT2D eigenvalue weighted by Gasteiger charge is 2.32. The van der Waals surface area contributed by atoms with Gasteiger partial charge in [-0.05, 0) is 24.4 Å². The molecule has 5 nitrogen and oxygen atoms in total. The molecule has 2 rings (SSSR count). The topological polar surface area (TPSA) is 55.7 Å². The minimum Gasteiger partial charge on any atom is -0.403 e. The van der Waals surface area contributed by atoms with E-state index in [9.17, 15) is 13.2 Å². The quantitative estimate of drug-likeness (QED) is 0.843. The summed E-state index contributed by atoms with van der Waals surface area (Å²) >= 11 is 4.79. The van der Waals surface area contributed by atoms with Crippen LogP contribution in [-0.4, -0.2) is 26.6 Å². The molecule has 0 saturated heterocycles. The van der Waals surface area contributed by atoms with Gasteiger partial charge >= 0.3 is 6.36 Å². The number of rotatable bonds is 2. The Labute approximate surface area is 97.8 Å². The molecule has 0 aliphatic heterocycles. The van der Waals surface area contributed by atoms with E-state index in [1.54, 1.807) is 6.07 Å². The number of ether oxygens (including phenoxy) is 1. The zero-order chi connectivity index (χ0) is 12.5. The van der Waals surface area contributed by atoms with E-state index in [1.165, 1.54) is 18.2 Å². The summed E-state index contributed by atoms with van der Waals surface area (Å²) in [6, 6.07) is 5.53. The lowest BCUT2D eigenvalue weighted by molar-refractivity contribution is -0.274. The van der Waals surface area contributed by atoms with Crippen LogP contribution < -0.4 is 4.74 Å². The van der Waals surface area contributed by atoms with E-state index < -0.39 is 6.36 Å². The Morgan fingerprint density at radius 1 is 1.29 bits per heavy atom. The first kappa shape index (κ1) is 11.6. The van der Waals surface area contributed by atoms with Gasteiger partial charge in [-0.3, -0.25) is 0 Å². The van der Waals surface area contributed by atoms with Gasteiger partial charge in [0, 0.05) is 0 Å². The van der Waals surface area contributed by atoms with Crippen molar-refractivity contribution in [1.29, 1.82) is 0 Å². The average molecular weight is 262 g/mol. The van der Waals surface area contributed by atoms with Gasteiger partial charge in [0.05, 0.1) is 0 Å². The van der Waals surface area contributed by atoms with Gasteiger partial charge in [0.25, 0.3) is 0 Å². The zero-order valence-electron chi connectivity index (χ0n) is 8.10. The van der Waals surface area contributed by atoms with Crippen LogP contribution in [0.2, 0.25) is 0 Å². The van der Waals surface area contributed by atoms with Crippen LogP contribution in [0.1, 0.15) is 0 Å². The third kappa shape index (κ3) is 2.61. The summed E-state index contributed by atoms with van der Waals surface area (Å²) in [5, 5.41) is 9.20. The van der Waals surface area contributed by atoms with Crippen LogP contribution in [-0.2, 0) is 0 Å². The SMILES string of the molecule is FC(F)(F)Oc1ccccc1-n1[nH]nnc1=S. The summed E-state index contributed by atoms with van der Waals surface area (Å²) in [5.74, 6) is -0.387. The fraction of sp³-hybridized carbons (Fsp3) is 0.125. The van der Waals surface area contributed by atoms with Crippen molar-refractivity contribution in [1.82, 2.24) is 20.2 Å². The molecule has 0 radical (unpaired) electrons. The average Bonchev–Trinajstić information content (AvgIpc) is 2.63. The van der Waals surface area contributed by atoms with Crippen molar-refractivity contribution in [2.45, 2.75) is 6.36 Å². The number of alkyl halides is 3. The highest BCUT2D eigenvalue weighted by Crippen LogP contribution is 2.28. The molecule has 1 N–H and O–H groups in total. The molecule has 0 fully saturated rings. The Balaban J connectivity index is 2.49. The minimum atomic E-state index is -4.77. The summed E-state index contributed by atoms with van der Waals surface area (Å²) < 4.78 is 41.5. The number of hydrogen-bond acceptors (Lipinski definition) is 4. The smallest absolute Gasteiger partial charge is 0.403 e. The van der Waals surface area contributed by atoms with Gasteiger partial charge in [0.15, 0.2) is 5.75 Å². The Hall–Kier alpha value is -1.90. The van der Waals surface area contributed by atoms with Crippen molar-refractivity contribution in [2.24, 2.45) is 0 Å². The molecule has 0 atom stereocenters. The second-order valence-corrected chi connectivity index (χ2v) is 3.30.